The van der Waals surface area contributed by atoms with Gasteiger partial charge in [0.25, 0.3) is 0 Å². The van der Waals surface area contributed by atoms with Crippen LogP contribution in [0, 0.1) is 5.92 Å². The first kappa shape index (κ1) is 12.9. The molecular weight excluding hydrogens is 236 g/mol. The number of nitrogens with zero attached hydrogens (tertiary/aromatic N) is 3. The average molecular weight is 260 g/mol. The van der Waals surface area contributed by atoms with Crippen molar-refractivity contribution in [1.29, 1.82) is 0 Å². The molecule has 0 bridgehead atoms. The van der Waals surface area contributed by atoms with Crippen LogP contribution in [-0.2, 0) is 12.8 Å². The number of fused-ring (bicyclic) bond motifs is 1. The minimum absolute atomic E-state index is 0.0391. The van der Waals surface area contributed by atoms with Gasteiger partial charge in [0, 0.05) is 24.3 Å². The highest BCUT2D eigenvalue weighted by molar-refractivity contribution is 5.53. The van der Waals surface area contributed by atoms with E-state index in [1.807, 2.05) is 0 Å². The molecule has 19 heavy (non-hydrogen) atoms. The molecule has 1 aliphatic heterocycles. The molecule has 104 valence electrons. The highest BCUT2D eigenvalue weighted by Gasteiger charge is 2.43. The Labute approximate surface area is 115 Å². The Kier molecular flexibility index (Phi) is 3.21. The molecule has 3 rings (SSSR count). The lowest BCUT2D eigenvalue weighted by molar-refractivity contribution is 0.243. The second-order valence-corrected chi connectivity index (χ2v) is 6.43. The summed E-state index contributed by atoms with van der Waals surface area (Å²) in [4.78, 5) is 11.4. The van der Waals surface area contributed by atoms with Gasteiger partial charge >= 0.3 is 0 Å². The predicted molar refractivity (Wildman–Crippen MR) is 77.3 cm³/mol. The van der Waals surface area contributed by atoms with E-state index in [-0.39, 0.29) is 5.54 Å². The molecule has 0 aromatic carbocycles. The van der Waals surface area contributed by atoms with Gasteiger partial charge in [-0.2, -0.15) is 0 Å². The Morgan fingerprint density at radius 2 is 1.89 bits per heavy atom. The molecule has 2 heterocycles. The first-order valence-electron chi connectivity index (χ1n) is 7.47. The van der Waals surface area contributed by atoms with Crippen LogP contribution in [0.1, 0.15) is 44.4 Å². The molecule has 0 radical (unpaired) electrons. The molecule has 0 atom stereocenters. The third kappa shape index (κ3) is 2.22. The SMILES string of the molecule is CC(C)C1(N)CN(c2ncnc3c2CCCCC3)C1. The second kappa shape index (κ2) is 4.75. The molecule has 1 aliphatic carbocycles. The summed E-state index contributed by atoms with van der Waals surface area (Å²) in [6, 6.07) is 0. The summed E-state index contributed by atoms with van der Waals surface area (Å²) in [6.07, 6.45) is 7.79. The number of rotatable bonds is 2. The van der Waals surface area contributed by atoms with E-state index in [0.717, 1.165) is 31.7 Å². The van der Waals surface area contributed by atoms with Crippen molar-refractivity contribution in [3.8, 4) is 0 Å². The lowest BCUT2D eigenvalue weighted by Crippen LogP contribution is -2.70. The first-order chi connectivity index (χ1) is 9.10. The van der Waals surface area contributed by atoms with Crippen LogP contribution in [0.2, 0.25) is 0 Å². The number of hydrogen-bond acceptors (Lipinski definition) is 4. The molecule has 2 aliphatic rings. The van der Waals surface area contributed by atoms with Gasteiger partial charge in [-0.15, -0.1) is 0 Å². The molecule has 2 N–H and O–H groups in total. The number of hydrogen-bond donors (Lipinski definition) is 1. The molecule has 0 spiro atoms. The van der Waals surface area contributed by atoms with Gasteiger partial charge in [0.2, 0.25) is 0 Å². The van der Waals surface area contributed by atoms with Crippen LogP contribution in [-0.4, -0.2) is 28.6 Å². The quantitative estimate of drug-likeness (QED) is 0.825. The summed E-state index contributed by atoms with van der Waals surface area (Å²) in [5, 5.41) is 0. The Balaban J connectivity index is 1.83. The van der Waals surface area contributed by atoms with E-state index >= 15 is 0 Å². The van der Waals surface area contributed by atoms with Gasteiger partial charge in [-0.05, 0) is 31.6 Å². The first-order valence-corrected chi connectivity index (χ1v) is 7.47. The topological polar surface area (TPSA) is 55.0 Å². The predicted octanol–water partition coefficient (Wildman–Crippen LogP) is 1.92. The van der Waals surface area contributed by atoms with E-state index in [1.54, 1.807) is 6.33 Å². The van der Waals surface area contributed by atoms with Crippen molar-refractivity contribution < 1.29 is 0 Å². The van der Waals surface area contributed by atoms with Crippen LogP contribution in [0.25, 0.3) is 0 Å². The van der Waals surface area contributed by atoms with Gasteiger partial charge in [0.1, 0.15) is 12.1 Å². The monoisotopic (exact) mass is 260 g/mol. The number of aryl methyl sites for hydroxylation is 1. The molecule has 1 aromatic rings. The summed E-state index contributed by atoms with van der Waals surface area (Å²) in [7, 11) is 0. The maximum atomic E-state index is 6.40. The zero-order valence-electron chi connectivity index (χ0n) is 12.0. The van der Waals surface area contributed by atoms with E-state index < -0.39 is 0 Å². The zero-order valence-corrected chi connectivity index (χ0v) is 12.0. The fourth-order valence-corrected chi connectivity index (χ4v) is 3.13. The summed E-state index contributed by atoms with van der Waals surface area (Å²) in [5.74, 6) is 1.66. The van der Waals surface area contributed by atoms with Gasteiger partial charge < -0.3 is 10.6 Å². The standard InChI is InChI=1S/C15H24N4/c1-11(2)15(16)8-19(9-15)14-12-6-4-3-5-7-13(12)17-10-18-14/h10-11H,3-9,16H2,1-2H3. The third-order valence-electron chi connectivity index (χ3n) is 4.77. The van der Waals surface area contributed by atoms with Crippen LogP contribution in [0.15, 0.2) is 6.33 Å². The lowest BCUT2D eigenvalue weighted by atomic mass is 9.80. The molecule has 0 amide bonds. The van der Waals surface area contributed by atoms with Gasteiger partial charge in [0.05, 0.1) is 5.54 Å². The van der Waals surface area contributed by atoms with E-state index in [9.17, 15) is 0 Å². The zero-order chi connectivity index (χ0) is 13.5. The average Bonchev–Trinajstić information content (AvgIpc) is 2.59. The highest BCUT2D eigenvalue weighted by atomic mass is 15.3. The van der Waals surface area contributed by atoms with Crippen LogP contribution in [0.4, 0.5) is 5.82 Å². The Morgan fingerprint density at radius 1 is 1.16 bits per heavy atom. The van der Waals surface area contributed by atoms with Crippen molar-refractivity contribution >= 4 is 5.82 Å². The minimum atomic E-state index is -0.0391. The summed E-state index contributed by atoms with van der Waals surface area (Å²) in [5.41, 5.74) is 9.00. The van der Waals surface area contributed by atoms with Crippen molar-refractivity contribution in [1.82, 2.24) is 9.97 Å². The van der Waals surface area contributed by atoms with E-state index in [4.69, 9.17) is 5.73 Å². The highest BCUT2D eigenvalue weighted by Crippen LogP contribution is 2.34. The van der Waals surface area contributed by atoms with Crippen LogP contribution >= 0.6 is 0 Å². The second-order valence-electron chi connectivity index (χ2n) is 6.43. The van der Waals surface area contributed by atoms with Crippen LogP contribution < -0.4 is 10.6 Å². The van der Waals surface area contributed by atoms with E-state index in [0.29, 0.717) is 5.92 Å². The number of aromatic nitrogens is 2. The van der Waals surface area contributed by atoms with Gasteiger partial charge in [-0.1, -0.05) is 20.3 Å². The van der Waals surface area contributed by atoms with Gasteiger partial charge in [-0.3, -0.25) is 0 Å². The fraction of sp³-hybridized carbons (Fsp3) is 0.733. The van der Waals surface area contributed by atoms with Crippen LogP contribution in [0.5, 0.6) is 0 Å². The normalized spacial score (nSPS) is 21.8. The largest absolute Gasteiger partial charge is 0.352 e. The van der Waals surface area contributed by atoms with E-state index in [1.165, 1.54) is 30.5 Å². The van der Waals surface area contributed by atoms with E-state index in [2.05, 4.69) is 28.7 Å². The molecular formula is C15H24N4. The minimum Gasteiger partial charge on any atom is -0.352 e. The Morgan fingerprint density at radius 3 is 2.63 bits per heavy atom. The maximum Gasteiger partial charge on any atom is 0.135 e. The molecule has 4 nitrogen and oxygen atoms in total. The van der Waals surface area contributed by atoms with Crippen molar-refractivity contribution in [3.05, 3.63) is 17.6 Å². The lowest BCUT2D eigenvalue weighted by Gasteiger charge is -2.51. The molecule has 1 aromatic heterocycles. The smallest absolute Gasteiger partial charge is 0.135 e. The summed E-state index contributed by atoms with van der Waals surface area (Å²) in [6.45, 7) is 6.26. The molecule has 0 unspecified atom stereocenters. The van der Waals surface area contributed by atoms with Crippen molar-refractivity contribution in [2.45, 2.75) is 51.5 Å². The van der Waals surface area contributed by atoms with Crippen molar-refractivity contribution in [2.24, 2.45) is 11.7 Å². The van der Waals surface area contributed by atoms with Gasteiger partial charge in [0.15, 0.2) is 0 Å². The molecule has 0 saturated carbocycles. The van der Waals surface area contributed by atoms with Crippen LogP contribution in [0.3, 0.4) is 0 Å². The molecule has 1 saturated heterocycles. The Bertz CT molecular complexity index is 463. The van der Waals surface area contributed by atoms with Gasteiger partial charge in [-0.25, -0.2) is 9.97 Å². The Hall–Kier alpha value is -1.16. The molecule has 1 fully saturated rings. The molecule has 4 heteroatoms. The van der Waals surface area contributed by atoms with Crippen molar-refractivity contribution in [2.75, 3.05) is 18.0 Å². The third-order valence-corrected chi connectivity index (χ3v) is 4.77. The number of anilines is 1. The summed E-state index contributed by atoms with van der Waals surface area (Å²) >= 11 is 0. The number of nitrogens with two attached hydrogens (primary N) is 1. The van der Waals surface area contributed by atoms with Crippen molar-refractivity contribution in [3.63, 3.8) is 0 Å². The summed E-state index contributed by atoms with van der Waals surface area (Å²) < 4.78 is 0. The fourth-order valence-electron chi connectivity index (χ4n) is 3.13. The maximum absolute atomic E-state index is 6.40.